The van der Waals surface area contributed by atoms with Crippen molar-refractivity contribution in [3.63, 3.8) is 0 Å². The largest absolute Gasteiger partial charge is 0.449 e. The molecule has 1 atom stereocenters. The highest BCUT2D eigenvalue weighted by Gasteiger charge is 2.23. The third-order valence-electron chi connectivity index (χ3n) is 3.68. The summed E-state index contributed by atoms with van der Waals surface area (Å²) in [6, 6.07) is 11.0. The van der Waals surface area contributed by atoms with Crippen LogP contribution in [0.25, 0.3) is 11.3 Å². The summed E-state index contributed by atoms with van der Waals surface area (Å²) in [4.78, 5) is 32.9. The van der Waals surface area contributed by atoms with Gasteiger partial charge >= 0.3 is 5.97 Å². The number of aromatic nitrogens is 2. The fourth-order valence-corrected chi connectivity index (χ4v) is 3.26. The van der Waals surface area contributed by atoms with Crippen LogP contribution in [-0.4, -0.2) is 27.9 Å². The van der Waals surface area contributed by atoms with Gasteiger partial charge in [0.25, 0.3) is 5.91 Å². The summed E-state index contributed by atoms with van der Waals surface area (Å²) >= 11 is 4.71. The van der Waals surface area contributed by atoms with E-state index in [1.165, 1.54) is 17.5 Å². The van der Waals surface area contributed by atoms with Crippen LogP contribution in [0.2, 0.25) is 0 Å². The summed E-state index contributed by atoms with van der Waals surface area (Å²) in [5.41, 5.74) is 2.02. The van der Waals surface area contributed by atoms with Crippen LogP contribution in [0.5, 0.6) is 0 Å². The van der Waals surface area contributed by atoms with Crippen molar-refractivity contribution < 1.29 is 14.3 Å². The number of esters is 1. The number of carbonyl (C=O) groups excluding carboxylic acids is 2. The summed E-state index contributed by atoms with van der Waals surface area (Å²) in [6.07, 6.45) is 2.41. The van der Waals surface area contributed by atoms with Crippen molar-refractivity contribution in [3.8, 4) is 11.3 Å². The highest BCUT2D eigenvalue weighted by atomic mass is 79.9. The van der Waals surface area contributed by atoms with Crippen LogP contribution < -0.4 is 5.32 Å². The van der Waals surface area contributed by atoms with Gasteiger partial charge in [0.1, 0.15) is 0 Å². The first-order valence-electron chi connectivity index (χ1n) is 8.20. The van der Waals surface area contributed by atoms with E-state index in [2.05, 4.69) is 31.2 Å². The number of pyridine rings is 1. The highest BCUT2D eigenvalue weighted by molar-refractivity contribution is 9.10. The third-order valence-corrected chi connectivity index (χ3v) is 4.97. The average molecular weight is 446 g/mol. The molecule has 1 aromatic carbocycles. The van der Waals surface area contributed by atoms with Gasteiger partial charge in [-0.25, -0.2) is 9.78 Å². The Morgan fingerprint density at radius 1 is 1.26 bits per heavy atom. The van der Waals surface area contributed by atoms with Crippen molar-refractivity contribution in [1.82, 2.24) is 9.97 Å². The molecule has 0 saturated heterocycles. The first-order valence-corrected chi connectivity index (χ1v) is 9.87. The molecule has 2 heterocycles. The SMILES string of the molecule is CCC(OC(=O)c1cccnc1)C(=O)Nc1nc(-c2ccc(Br)cc2)cs1. The maximum atomic E-state index is 12.5. The van der Waals surface area contributed by atoms with E-state index in [4.69, 9.17) is 4.74 Å². The number of nitrogens with zero attached hydrogens (tertiary/aromatic N) is 2. The van der Waals surface area contributed by atoms with Crippen molar-refractivity contribution in [2.75, 3.05) is 5.32 Å². The number of halogens is 1. The van der Waals surface area contributed by atoms with Crippen molar-refractivity contribution >= 4 is 44.3 Å². The number of ether oxygens (including phenoxy) is 1. The number of rotatable bonds is 6. The van der Waals surface area contributed by atoms with Gasteiger partial charge in [-0.3, -0.25) is 15.1 Å². The normalized spacial score (nSPS) is 11.6. The lowest BCUT2D eigenvalue weighted by molar-refractivity contribution is -0.124. The minimum absolute atomic E-state index is 0.301. The number of nitrogens with one attached hydrogen (secondary N) is 1. The van der Waals surface area contributed by atoms with Gasteiger partial charge in [-0.1, -0.05) is 35.0 Å². The van der Waals surface area contributed by atoms with Crippen molar-refractivity contribution in [1.29, 1.82) is 0 Å². The predicted octanol–water partition coefficient (Wildman–Crippen LogP) is 4.54. The lowest BCUT2D eigenvalue weighted by atomic mass is 10.2. The zero-order chi connectivity index (χ0) is 19.2. The van der Waals surface area contributed by atoms with Gasteiger partial charge in [0.2, 0.25) is 0 Å². The number of hydrogen-bond donors (Lipinski definition) is 1. The Labute approximate surface area is 168 Å². The van der Waals surface area contributed by atoms with E-state index in [0.29, 0.717) is 17.1 Å². The quantitative estimate of drug-likeness (QED) is 0.563. The van der Waals surface area contributed by atoms with E-state index in [1.54, 1.807) is 25.3 Å². The second-order valence-corrected chi connectivity index (χ2v) is 7.35. The van der Waals surface area contributed by atoms with Gasteiger partial charge < -0.3 is 4.74 Å². The molecule has 138 valence electrons. The number of hydrogen-bond acceptors (Lipinski definition) is 6. The molecule has 8 heteroatoms. The van der Waals surface area contributed by atoms with Gasteiger partial charge in [0.15, 0.2) is 11.2 Å². The molecular formula is C19H16BrN3O3S. The van der Waals surface area contributed by atoms with Crippen LogP contribution >= 0.6 is 27.3 Å². The fourth-order valence-electron chi connectivity index (χ4n) is 2.27. The topological polar surface area (TPSA) is 81.2 Å². The summed E-state index contributed by atoms with van der Waals surface area (Å²) in [5, 5.41) is 5.03. The van der Waals surface area contributed by atoms with Crippen LogP contribution in [0.3, 0.4) is 0 Å². The molecule has 3 rings (SSSR count). The first-order chi connectivity index (χ1) is 13.1. The molecule has 0 aliphatic rings. The van der Waals surface area contributed by atoms with Crippen LogP contribution in [0.4, 0.5) is 5.13 Å². The maximum Gasteiger partial charge on any atom is 0.340 e. The average Bonchev–Trinajstić information content (AvgIpc) is 3.15. The molecule has 0 aliphatic heterocycles. The first kappa shape index (κ1) is 19.2. The predicted molar refractivity (Wildman–Crippen MR) is 108 cm³/mol. The van der Waals surface area contributed by atoms with Crippen LogP contribution in [0, 0.1) is 0 Å². The smallest absolute Gasteiger partial charge is 0.340 e. The molecular weight excluding hydrogens is 430 g/mol. The molecule has 0 aliphatic carbocycles. The van der Waals surface area contributed by atoms with E-state index in [-0.39, 0.29) is 0 Å². The third kappa shape index (κ3) is 4.99. The van der Waals surface area contributed by atoms with Gasteiger partial charge in [-0.05, 0) is 30.7 Å². The second kappa shape index (κ2) is 8.88. The minimum Gasteiger partial charge on any atom is -0.449 e. The highest BCUT2D eigenvalue weighted by Crippen LogP contribution is 2.26. The maximum absolute atomic E-state index is 12.5. The Hall–Kier alpha value is -2.58. The molecule has 0 radical (unpaired) electrons. The van der Waals surface area contributed by atoms with Gasteiger partial charge in [-0.2, -0.15) is 0 Å². The minimum atomic E-state index is -0.905. The molecule has 1 N–H and O–H groups in total. The molecule has 2 aromatic heterocycles. The Bertz CT molecular complexity index is 929. The number of anilines is 1. The van der Waals surface area contributed by atoms with E-state index in [9.17, 15) is 9.59 Å². The summed E-state index contributed by atoms with van der Waals surface area (Å²) in [7, 11) is 0. The molecule has 1 unspecified atom stereocenters. The lowest BCUT2D eigenvalue weighted by Crippen LogP contribution is -2.32. The second-order valence-electron chi connectivity index (χ2n) is 5.58. The van der Waals surface area contributed by atoms with Gasteiger partial charge in [0.05, 0.1) is 11.3 Å². The molecule has 0 spiro atoms. The van der Waals surface area contributed by atoms with E-state index >= 15 is 0 Å². The van der Waals surface area contributed by atoms with Crippen LogP contribution in [-0.2, 0) is 9.53 Å². The summed E-state index contributed by atoms with van der Waals surface area (Å²) in [6.45, 7) is 1.77. The lowest BCUT2D eigenvalue weighted by Gasteiger charge is -2.14. The molecule has 27 heavy (non-hydrogen) atoms. The Balaban J connectivity index is 1.65. The Kier molecular flexibility index (Phi) is 6.31. The van der Waals surface area contributed by atoms with E-state index < -0.39 is 18.0 Å². The molecule has 1 amide bonds. The molecule has 0 bridgehead atoms. The summed E-state index contributed by atoms with van der Waals surface area (Å²) in [5.74, 6) is -0.994. The number of carbonyl (C=O) groups is 2. The standard InChI is InChI=1S/C19H16BrN3O3S/c1-2-16(26-18(25)13-4-3-9-21-10-13)17(24)23-19-22-15(11-27-19)12-5-7-14(20)8-6-12/h3-11,16H,2H2,1H3,(H,22,23,24). The Morgan fingerprint density at radius 2 is 2.04 bits per heavy atom. The zero-order valence-electron chi connectivity index (χ0n) is 14.4. The fraction of sp³-hybridized carbons (Fsp3) is 0.158. The van der Waals surface area contributed by atoms with Gasteiger partial charge in [-0.15, -0.1) is 11.3 Å². The molecule has 0 saturated carbocycles. The monoisotopic (exact) mass is 445 g/mol. The number of amides is 1. The van der Waals surface area contributed by atoms with Crippen molar-refractivity contribution in [3.05, 3.63) is 64.2 Å². The molecule has 0 fully saturated rings. The summed E-state index contributed by atoms with van der Waals surface area (Å²) < 4.78 is 6.29. The van der Waals surface area contributed by atoms with Crippen LogP contribution in [0.15, 0.2) is 58.6 Å². The van der Waals surface area contributed by atoms with Crippen molar-refractivity contribution in [2.45, 2.75) is 19.4 Å². The molecule has 6 nitrogen and oxygen atoms in total. The Morgan fingerprint density at radius 3 is 2.70 bits per heavy atom. The van der Waals surface area contributed by atoms with Crippen LogP contribution in [0.1, 0.15) is 23.7 Å². The van der Waals surface area contributed by atoms with Gasteiger partial charge in [0, 0.05) is 27.8 Å². The van der Waals surface area contributed by atoms with E-state index in [0.717, 1.165) is 15.7 Å². The van der Waals surface area contributed by atoms with Crippen molar-refractivity contribution in [2.24, 2.45) is 0 Å². The number of thiazole rings is 1. The number of benzene rings is 1. The van der Waals surface area contributed by atoms with E-state index in [1.807, 2.05) is 29.6 Å². The zero-order valence-corrected chi connectivity index (χ0v) is 16.8. The molecule has 3 aromatic rings.